The van der Waals surface area contributed by atoms with E-state index in [-0.39, 0.29) is 13.0 Å². The Morgan fingerprint density at radius 2 is 1.96 bits per heavy atom. The third-order valence-corrected chi connectivity index (χ3v) is 3.58. The van der Waals surface area contributed by atoms with Gasteiger partial charge in [-0.3, -0.25) is 4.79 Å². The Morgan fingerprint density at radius 3 is 2.52 bits per heavy atom. The standard InChI is InChI=1S/C16H19F3N2O2/c1-10(2)21(15(23)16(17,18)19)9-13(22)8-12-7-11-5-3-4-6-14(11)20-12/h3-7,10,13,20,22H,8-9H2,1-2H3/t13-/m1/s1. The first-order chi connectivity index (χ1) is 10.7. The summed E-state index contributed by atoms with van der Waals surface area (Å²) in [4.78, 5) is 15.2. The molecule has 0 spiro atoms. The van der Waals surface area contributed by atoms with E-state index in [1.807, 2.05) is 30.3 Å². The van der Waals surface area contributed by atoms with Gasteiger partial charge in [0.2, 0.25) is 0 Å². The van der Waals surface area contributed by atoms with Gasteiger partial charge in [-0.05, 0) is 31.4 Å². The van der Waals surface area contributed by atoms with Crippen LogP contribution < -0.4 is 0 Å². The van der Waals surface area contributed by atoms with Crippen LogP contribution >= 0.6 is 0 Å². The smallest absolute Gasteiger partial charge is 0.391 e. The van der Waals surface area contributed by atoms with Gasteiger partial charge in [0.25, 0.3) is 0 Å². The number of alkyl halides is 3. The number of fused-ring (bicyclic) bond motifs is 1. The fourth-order valence-electron chi connectivity index (χ4n) is 2.48. The Kier molecular flexibility index (Phi) is 4.99. The molecule has 0 aliphatic rings. The van der Waals surface area contributed by atoms with Gasteiger partial charge in [0.15, 0.2) is 0 Å². The number of aliphatic hydroxyl groups is 1. The number of rotatable bonds is 5. The first-order valence-corrected chi connectivity index (χ1v) is 7.31. The normalized spacial score (nSPS) is 13.5. The molecule has 0 aliphatic heterocycles. The van der Waals surface area contributed by atoms with Gasteiger partial charge in [-0.25, -0.2) is 0 Å². The topological polar surface area (TPSA) is 56.3 Å². The lowest BCUT2D eigenvalue weighted by Gasteiger charge is -2.29. The van der Waals surface area contributed by atoms with E-state index in [1.54, 1.807) is 0 Å². The maximum atomic E-state index is 12.6. The lowest BCUT2D eigenvalue weighted by atomic mass is 10.1. The molecule has 1 heterocycles. The fourth-order valence-corrected chi connectivity index (χ4v) is 2.48. The summed E-state index contributed by atoms with van der Waals surface area (Å²) < 4.78 is 37.8. The monoisotopic (exact) mass is 328 g/mol. The van der Waals surface area contributed by atoms with E-state index in [0.717, 1.165) is 10.9 Å². The van der Waals surface area contributed by atoms with Crippen molar-refractivity contribution < 1.29 is 23.1 Å². The summed E-state index contributed by atoms with van der Waals surface area (Å²) in [5, 5.41) is 11.0. The molecule has 7 heteroatoms. The van der Waals surface area contributed by atoms with Gasteiger partial charge < -0.3 is 15.0 Å². The number of aromatic nitrogens is 1. The average molecular weight is 328 g/mol. The number of amides is 1. The number of aliphatic hydroxyl groups excluding tert-OH is 1. The zero-order valence-electron chi connectivity index (χ0n) is 12.9. The van der Waals surface area contributed by atoms with Crippen LogP contribution in [0.3, 0.4) is 0 Å². The van der Waals surface area contributed by atoms with Crippen molar-refractivity contribution in [2.75, 3.05) is 6.54 Å². The summed E-state index contributed by atoms with van der Waals surface area (Å²) in [5.41, 5.74) is 1.60. The van der Waals surface area contributed by atoms with Crippen LogP contribution in [0.1, 0.15) is 19.5 Å². The Morgan fingerprint density at radius 1 is 1.30 bits per heavy atom. The van der Waals surface area contributed by atoms with Gasteiger partial charge in [-0.2, -0.15) is 13.2 Å². The van der Waals surface area contributed by atoms with Crippen LogP contribution in [-0.4, -0.2) is 45.8 Å². The molecule has 2 rings (SSSR count). The number of halogens is 3. The van der Waals surface area contributed by atoms with Crippen molar-refractivity contribution in [3.05, 3.63) is 36.0 Å². The molecule has 1 amide bonds. The highest BCUT2D eigenvalue weighted by Gasteiger charge is 2.43. The zero-order chi connectivity index (χ0) is 17.2. The van der Waals surface area contributed by atoms with Gasteiger partial charge >= 0.3 is 12.1 Å². The number of nitrogens with one attached hydrogen (secondary N) is 1. The number of hydrogen-bond acceptors (Lipinski definition) is 2. The number of nitrogens with zero attached hydrogens (tertiary/aromatic N) is 1. The molecular weight excluding hydrogens is 309 g/mol. The van der Waals surface area contributed by atoms with E-state index in [1.165, 1.54) is 13.8 Å². The van der Waals surface area contributed by atoms with Crippen LogP contribution in [0.4, 0.5) is 13.2 Å². The van der Waals surface area contributed by atoms with E-state index in [4.69, 9.17) is 0 Å². The molecular formula is C16H19F3N2O2. The number of para-hydroxylation sites is 1. The van der Waals surface area contributed by atoms with Crippen LogP contribution in [0.2, 0.25) is 0 Å². The molecule has 2 aromatic rings. The molecule has 23 heavy (non-hydrogen) atoms. The van der Waals surface area contributed by atoms with E-state index >= 15 is 0 Å². The van der Waals surface area contributed by atoms with Crippen LogP contribution in [0.15, 0.2) is 30.3 Å². The van der Waals surface area contributed by atoms with E-state index in [9.17, 15) is 23.1 Å². The van der Waals surface area contributed by atoms with Crippen molar-refractivity contribution >= 4 is 16.8 Å². The highest BCUT2D eigenvalue weighted by Crippen LogP contribution is 2.21. The lowest BCUT2D eigenvalue weighted by Crippen LogP contribution is -2.48. The molecule has 1 aromatic heterocycles. The number of benzene rings is 1. The summed E-state index contributed by atoms with van der Waals surface area (Å²) in [6, 6.07) is 8.69. The summed E-state index contributed by atoms with van der Waals surface area (Å²) in [5.74, 6) is -1.93. The molecule has 0 radical (unpaired) electrons. The molecule has 2 N–H and O–H groups in total. The van der Waals surface area contributed by atoms with Crippen molar-refractivity contribution in [3.8, 4) is 0 Å². The van der Waals surface area contributed by atoms with Gasteiger partial charge in [0.1, 0.15) is 0 Å². The van der Waals surface area contributed by atoms with Gasteiger partial charge in [-0.1, -0.05) is 18.2 Å². The zero-order valence-corrected chi connectivity index (χ0v) is 12.9. The number of aromatic amines is 1. The minimum absolute atomic E-state index is 0.142. The van der Waals surface area contributed by atoms with E-state index < -0.39 is 24.2 Å². The lowest BCUT2D eigenvalue weighted by molar-refractivity contribution is -0.188. The third kappa shape index (κ3) is 4.25. The highest BCUT2D eigenvalue weighted by molar-refractivity contribution is 5.82. The van der Waals surface area contributed by atoms with Crippen molar-refractivity contribution in [3.63, 3.8) is 0 Å². The number of hydrogen-bond donors (Lipinski definition) is 2. The molecule has 4 nitrogen and oxygen atoms in total. The van der Waals surface area contributed by atoms with Crippen molar-refractivity contribution in [2.45, 2.75) is 38.6 Å². The largest absolute Gasteiger partial charge is 0.471 e. The van der Waals surface area contributed by atoms with Crippen LogP contribution in [0.25, 0.3) is 10.9 Å². The Hall–Kier alpha value is -2.02. The fraction of sp³-hybridized carbons (Fsp3) is 0.438. The second-order valence-corrected chi connectivity index (χ2v) is 5.79. The molecule has 0 saturated heterocycles. The summed E-state index contributed by atoms with van der Waals surface area (Å²) in [7, 11) is 0. The van der Waals surface area contributed by atoms with Gasteiger partial charge in [-0.15, -0.1) is 0 Å². The minimum Gasteiger partial charge on any atom is -0.391 e. The molecule has 0 bridgehead atoms. The van der Waals surface area contributed by atoms with E-state index in [2.05, 4.69) is 4.98 Å². The van der Waals surface area contributed by atoms with Crippen molar-refractivity contribution in [1.29, 1.82) is 0 Å². The van der Waals surface area contributed by atoms with Crippen LogP contribution in [0.5, 0.6) is 0 Å². The highest BCUT2D eigenvalue weighted by atomic mass is 19.4. The third-order valence-electron chi connectivity index (χ3n) is 3.58. The summed E-state index contributed by atoms with van der Waals surface area (Å²) >= 11 is 0. The maximum absolute atomic E-state index is 12.6. The SMILES string of the molecule is CC(C)N(C[C@H](O)Cc1cc2ccccc2[nH]1)C(=O)C(F)(F)F. The molecule has 0 saturated carbocycles. The van der Waals surface area contributed by atoms with Crippen molar-refractivity contribution in [1.82, 2.24) is 9.88 Å². The average Bonchev–Trinajstić information content (AvgIpc) is 2.84. The quantitative estimate of drug-likeness (QED) is 0.887. The maximum Gasteiger partial charge on any atom is 0.471 e. The molecule has 1 aromatic carbocycles. The molecule has 0 fully saturated rings. The van der Waals surface area contributed by atoms with E-state index in [0.29, 0.717) is 10.6 Å². The number of carbonyl (C=O) groups is 1. The second kappa shape index (κ2) is 6.62. The summed E-state index contributed by atoms with van der Waals surface area (Å²) in [6.45, 7) is 2.60. The number of carbonyl (C=O) groups excluding carboxylic acids is 1. The van der Waals surface area contributed by atoms with Crippen molar-refractivity contribution in [2.24, 2.45) is 0 Å². The Balaban J connectivity index is 2.07. The summed E-state index contributed by atoms with van der Waals surface area (Å²) in [6.07, 6.45) is -5.88. The predicted molar refractivity (Wildman–Crippen MR) is 80.9 cm³/mol. The molecule has 126 valence electrons. The Bertz CT molecular complexity index is 646. The molecule has 1 atom stereocenters. The molecule has 0 aliphatic carbocycles. The molecule has 0 unspecified atom stereocenters. The first-order valence-electron chi connectivity index (χ1n) is 7.31. The predicted octanol–water partition coefficient (Wildman–Crippen LogP) is 2.87. The first kappa shape index (κ1) is 17.3. The van der Waals surface area contributed by atoms with Gasteiger partial charge in [0, 0.05) is 30.2 Å². The van der Waals surface area contributed by atoms with Crippen LogP contribution in [-0.2, 0) is 11.2 Å². The van der Waals surface area contributed by atoms with Gasteiger partial charge in [0.05, 0.1) is 6.10 Å². The number of H-pyrrole nitrogens is 1. The minimum atomic E-state index is -4.94. The Labute approximate surface area is 131 Å². The van der Waals surface area contributed by atoms with Crippen LogP contribution in [0, 0.1) is 0 Å². The second-order valence-electron chi connectivity index (χ2n) is 5.79.